The summed E-state index contributed by atoms with van der Waals surface area (Å²) in [7, 11) is 0. The number of aromatic amines is 1. The van der Waals surface area contributed by atoms with Gasteiger partial charge in [0.25, 0.3) is 0 Å². The summed E-state index contributed by atoms with van der Waals surface area (Å²) in [5.41, 5.74) is 2.27. The van der Waals surface area contributed by atoms with Gasteiger partial charge in [-0.15, -0.1) is 0 Å². The van der Waals surface area contributed by atoms with Crippen molar-refractivity contribution in [2.24, 2.45) is 0 Å². The van der Waals surface area contributed by atoms with Crippen molar-refractivity contribution in [3.05, 3.63) is 77.6 Å². The highest BCUT2D eigenvalue weighted by Gasteiger charge is 2.36. The summed E-state index contributed by atoms with van der Waals surface area (Å²) >= 11 is 0. The maximum absolute atomic E-state index is 13.7. The largest absolute Gasteiger partial charge is 0.421 e. The Morgan fingerprint density at radius 1 is 1.09 bits per heavy atom. The molecular formula is C23H18F4N6. The second kappa shape index (κ2) is 7.88. The van der Waals surface area contributed by atoms with E-state index in [1.807, 2.05) is 31.2 Å². The molecule has 6 nitrogen and oxygen atoms in total. The van der Waals surface area contributed by atoms with Gasteiger partial charge in [-0.1, -0.05) is 18.2 Å². The summed E-state index contributed by atoms with van der Waals surface area (Å²) in [4.78, 5) is 11.2. The lowest BCUT2D eigenvalue weighted by atomic mass is 10.1. The molecule has 2 N–H and O–H groups in total. The minimum absolute atomic E-state index is 0.159. The van der Waals surface area contributed by atoms with Gasteiger partial charge in [0.1, 0.15) is 17.2 Å². The minimum atomic E-state index is -4.63. The van der Waals surface area contributed by atoms with Gasteiger partial charge in [-0.3, -0.25) is 4.98 Å². The zero-order valence-corrected chi connectivity index (χ0v) is 17.4. The fourth-order valence-corrected chi connectivity index (χ4v) is 3.96. The molecule has 5 aromatic rings. The Morgan fingerprint density at radius 2 is 1.91 bits per heavy atom. The number of alkyl halides is 3. The summed E-state index contributed by atoms with van der Waals surface area (Å²) < 4.78 is 55.4. The van der Waals surface area contributed by atoms with Crippen molar-refractivity contribution in [1.82, 2.24) is 24.6 Å². The maximum Gasteiger partial charge on any atom is 0.421 e. The van der Waals surface area contributed by atoms with Crippen molar-refractivity contribution < 1.29 is 17.6 Å². The fraction of sp³-hybridized carbons (Fsp3) is 0.174. The van der Waals surface area contributed by atoms with E-state index in [2.05, 4.69) is 25.4 Å². The number of pyridine rings is 1. The number of fused-ring (bicyclic) bond motifs is 2. The second-order valence-electron chi connectivity index (χ2n) is 7.66. The van der Waals surface area contributed by atoms with E-state index in [9.17, 15) is 17.6 Å². The number of anilines is 1. The molecule has 0 aliphatic heterocycles. The van der Waals surface area contributed by atoms with E-state index in [-0.39, 0.29) is 16.9 Å². The summed E-state index contributed by atoms with van der Waals surface area (Å²) in [6.45, 7) is 2.42. The van der Waals surface area contributed by atoms with Crippen molar-refractivity contribution >= 4 is 22.4 Å². The van der Waals surface area contributed by atoms with Gasteiger partial charge in [0.05, 0.1) is 18.1 Å². The van der Waals surface area contributed by atoms with Crippen LogP contribution in [-0.2, 0) is 12.6 Å². The van der Waals surface area contributed by atoms with Gasteiger partial charge >= 0.3 is 6.18 Å². The molecule has 0 atom stereocenters. The van der Waals surface area contributed by atoms with Gasteiger partial charge in [-0.05, 0) is 31.0 Å². The SMILES string of the molecule is Cc1[nH]c2ccccc2c1CCNc1cc(-c2cncc(F)c2)nc2c(C(F)(F)F)cnn12. The smallest absolute Gasteiger partial charge is 0.370 e. The molecule has 0 aliphatic rings. The standard InChI is InChI=1S/C23H18F4N6/c1-13-16(17-4-2-3-5-19(17)31-13)6-7-29-21-9-20(14-8-15(24)11-28-10-14)32-22-18(23(25,26)27)12-30-33(21)22/h2-5,8-12,29,31H,6-7H2,1H3. The molecule has 0 saturated carbocycles. The summed E-state index contributed by atoms with van der Waals surface area (Å²) in [6, 6.07) is 10.6. The highest BCUT2D eigenvalue weighted by molar-refractivity contribution is 5.84. The van der Waals surface area contributed by atoms with Gasteiger partial charge in [0, 0.05) is 41.0 Å². The van der Waals surface area contributed by atoms with E-state index < -0.39 is 17.6 Å². The molecular weight excluding hydrogens is 436 g/mol. The third-order valence-electron chi connectivity index (χ3n) is 5.49. The molecule has 0 bridgehead atoms. The first kappa shape index (κ1) is 20.9. The molecule has 0 saturated heterocycles. The monoisotopic (exact) mass is 454 g/mol. The Morgan fingerprint density at radius 3 is 2.70 bits per heavy atom. The molecule has 5 rings (SSSR count). The number of para-hydroxylation sites is 1. The maximum atomic E-state index is 13.7. The summed E-state index contributed by atoms with van der Waals surface area (Å²) in [5, 5.41) is 8.17. The number of rotatable bonds is 5. The minimum Gasteiger partial charge on any atom is -0.370 e. The van der Waals surface area contributed by atoms with Gasteiger partial charge < -0.3 is 10.3 Å². The van der Waals surface area contributed by atoms with Crippen LogP contribution in [0.3, 0.4) is 0 Å². The molecule has 10 heteroatoms. The number of nitrogens with zero attached hydrogens (tertiary/aromatic N) is 4. The first-order valence-electron chi connectivity index (χ1n) is 10.2. The average molecular weight is 454 g/mol. The molecule has 0 unspecified atom stereocenters. The van der Waals surface area contributed by atoms with Crippen LogP contribution in [0.4, 0.5) is 23.4 Å². The number of nitrogens with one attached hydrogen (secondary N) is 2. The van der Waals surface area contributed by atoms with Crippen molar-refractivity contribution in [3.8, 4) is 11.3 Å². The fourth-order valence-electron chi connectivity index (χ4n) is 3.96. The molecule has 4 heterocycles. The van der Waals surface area contributed by atoms with Crippen LogP contribution in [0.15, 0.2) is 55.0 Å². The highest BCUT2D eigenvalue weighted by Crippen LogP contribution is 2.34. The van der Waals surface area contributed by atoms with Crippen molar-refractivity contribution in [1.29, 1.82) is 0 Å². The molecule has 1 aromatic carbocycles. The Labute approximate surface area is 185 Å². The first-order valence-corrected chi connectivity index (χ1v) is 10.2. The zero-order chi connectivity index (χ0) is 23.2. The van der Waals surface area contributed by atoms with E-state index in [1.54, 1.807) is 6.07 Å². The van der Waals surface area contributed by atoms with E-state index in [0.717, 1.165) is 39.1 Å². The number of benzene rings is 1. The van der Waals surface area contributed by atoms with Crippen LogP contribution < -0.4 is 5.32 Å². The lowest BCUT2D eigenvalue weighted by Crippen LogP contribution is -2.11. The third-order valence-corrected chi connectivity index (χ3v) is 5.49. The van der Waals surface area contributed by atoms with Gasteiger partial charge in [0.15, 0.2) is 5.65 Å². The van der Waals surface area contributed by atoms with E-state index in [1.165, 1.54) is 12.3 Å². The van der Waals surface area contributed by atoms with Gasteiger partial charge in [-0.25, -0.2) is 9.37 Å². The Balaban J connectivity index is 1.52. The Bertz CT molecular complexity index is 1470. The average Bonchev–Trinajstić information content (AvgIpc) is 3.35. The Hall–Kier alpha value is -3.95. The zero-order valence-electron chi connectivity index (χ0n) is 17.4. The van der Waals surface area contributed by atoms with Crippen LogP contribution in [0, 0.1) is 12.7 Å². The number of H-pyrrole nitrogens is 1. The molecule has 0 radical (unpaired) electrons. The predicted octanol–water partition coefficient (Wildman–Crippen LogP) is 5.39. The van der Waals surface area contributed by atoms with Gasteiger partial charge in [-0.2, -0.15) is 22.8 Å². The van der Waals surface area contributed by atoms with Crippen molar-refractivity contribution in [3.63, 3.8) is 0 Å². The lowest BCUT2D eigenvalue weighted by molar-refractivity contribution is -0.136. The number of aryl methyl sites for hydroxylation is 1. The van der Waals surface area contributed by atoms with E-state index in [4.69, 9.17) is 0 Å². The first-order chi connectivity index (χ1) is 15.8. The quantitative estimate of drug-likeness (QED) is 0.349. The van der Waals surface area contributed by atoms with Gasteiger partial charge in [0.2, 0.25) is 0 Å². The van der Waals surface area contributed by atoms with Crippen LogP contribution >= 0.6 is 0 Å². The van der Waals surface area contributed by atoms with E-state index >= 15 is 0 Å². The molecule has 33 heavy (non-hydrogen) atoms. The summed E-state index contributed by atoms with van der Waals surface area (Å²) in [5.74, 6) is -0.296. The number of hydrogen-bond donors (Lipinski definition) is 2. The van der Waals surface area contributed by atoms with Crippen molar-refractivity contribution in [2.75, 3.05) is 11.9 Å². The van der Waals surface area contributed by atoms with Crippen LogP contribution in [0.5, 0.6) is 0 Å². The predicted molar refractivity (Wildman–Crippen MR) is 116 cm³/mol. The highest BCUT2D eigenvalue weighted by atomic mass is 19.4. The van der Waals surface area contributed by atoms with Crippen molar-refractivity contribution in [2.45, 2.75) is 19.5 Å². The Kier molecular flexibility index (Phi) is 4.99. The molecule has 168 valence electrons. The molecule has 0 spiro atoms. The molecule has 0 amide bonds. The molecule has 4 aromatic heterocycles. The number of halogens is 4. The summed E-state index contributed by atoms with van der Waals surface area (Å²) in [6.07, 6.45) is -0.893. The van der Waals surface area contributed by atoms with Crippen LogP contribution in [0.1, 0.15) is 16.8 Å². The van der Waals surface area contributed by atoms with Crippen LogP contribution in [0.2, 0.25) is 0 Å². The van der Waals surface area contributed by atoms with E-state index in [0.29, 0.717) is 18.8 Å². The number of hydrogen-bond acceptors (Lipinski definition) is 4. The number of aromatic nitrogens is 5. The molecule has 0 aliphatic carbocycles. The topological polar surface area (TPSA) is 70.9 Å². The third kappa shape index (κ3) is 3.88. The van der Waals surface area contributed by atoms with Crippen LogP contribution in [-0.4, -0.2) is 31.1 Å². The lowest BCUT2D eigenvalue weighted by Gasteiger charge is -2.12. The normalized spacial score (nSPS) is 12.0. The molecule has 0 fully saturated rings. The van der Waals surface area contributed by atoms with Crippen LogP contribution in [0.25, 0.3) is 27.8 Å². The second-order valence-corrected chi connectivity index (χ2v) is 7.66.